The van der Waals surface area contributed by atoms with Crippen LogP contribution in [0.1, 0.15) is 0 Å². The molecule has 0 aliphatic heterocycles. The van der Waals surface area contributed by atoms with Crippen molar-refractivity contribution < 1.29 is 0 Å². The zero-order valence-corrected chi connectivity index (χ0v) is 9.28. The topological polar surface area (TPSA) is 12.9 Å². The van der Waals surface area contributed by atoms with Gasteiger partial charge in [-0.05, 0) is 0 Å². The Balaban J connectivity index is 2.91. The zero-order chi connectivity index (χ0) is 7.68. The van der Waals surface area contributed by atoms with Crippen LogP contribution in [0, 0.1) is 0 Å². The molecule has 0 atom stereocenters. The van der Waals surface area contributed by atoms with Gasteiger partial charge in [-0.25, -0.2) is 0 Å². The van der Waals surface area contributed by atoms with Crippen LogP contribution in [0.3, 0.4) is 0 Å². The second kappa shape index (κ2) is 2.81. The van der Waals surface area contributed by atoms with Gasteiger partial charge in [0.1, 0.15) is 0 Å². The molecule has 2 aromatic rings. The number of rotatable bonds is 0. The molecule has 0 amide bonds. The molecule has 52 valence electrons. The van der Waals surface area contributed by atoms with Crippen LogP contribution in [0.5, 0.6) is 0 Å². The first-order valence-corrected chi connectivity index (χ1v) is 5.11. The van der Waals surface area contributed by atoms with Crippen LogP contribution >= 0.6 is 0 Å². The molecular weight excluding hydrogens is 241 g/mol. The van der Waals surface area contributed by atoms with Crippen molar-refractivity contribution in [3.05, 3.63) is 36.7 Å². The quantitative estimate of drug-likeness (QED) is 0.627. The first-order valence-electron chi connectivity index (χ1n) is 3.46. The summed E-state index contributed by atoms with van der Waals surface area (Å²) in [4.78, 5) is 4.09. The molecular formula is C9H7NSn. The van der Waals surface area contributed by atoms with Crippen molar-refractivity contribution in [2.75, 3.05) is 0 Å². The Bertz CT molecular complexity index is 379. The van der Waals surface area contributed by atoms with E-state index in [9.17, 15) is 0 Å². The van der Waals surface area contributed by atoms with Crippen molar-refractivity contribution in [2.45, 2.75) is 0 Å². The molecule has 1 aromatic heterocycles. The van der Waals surface area contributed by atoms with Crippen LogP contribution in [-0.2, 0) is 0 Å². The van der Waals surface area contributed by atoms with Crippen LogP contribution < -0.4 is 3.58 Å². The normalized spacial score (nSPS) is 10.3. The van der Waals surface area contributed by atoms with E-state index in [2.05, 4.69) is 29.2 Å². The van der Waals surface area contributed by atoms with E-state index in [1.54, 1.807) is 0 Å². The average Bonchev–Trinajstić information content (AvgIpc) is 2.06. The van der Waals surface area contributed by atoms with Crippen LogP contribution in [0.4, 0.5) is 0 Å². The Morgan fingerprint density at radius 1 is 1.18 bits per heavy atom. The molecule has 0 fully saturated rings. The number of hydrogen-bond donors (Lipinski definition) is 0. The van der Waals surface area contributed by atoms with E-state index >= 15 is 0 Å². The summed E-state index contributed by atoms with van der Waals surface area (Å²) in [7, 11) is 0. The van der Waals surface area contributed by atoms with Gasteiger partial charge in [-0.15, -0.1) is 0 Å². The maximum atomic E-state index is 4.09. The van der Waals surface area contributed by atoms with Gasteiger partial charge in [0.25, 0.3) is 0 Å². The Hall–Kier alpha value is -0.571. The fourth-order valence-electron chi connectivity index (χ4n) is 1.14. The van der Waals surface area contributed by atoms with Crippen molar-refractivity contribution in [1.82, 2.24) is 4.98 Å². The van der Waals surface area contributed by atoms with Crippen molar-refractivity contribution in [3.63, 3.8) is 0 Å². The number of benzene rings is 1. The standard InChI is InChI=1S/C9H6N.Sn.H/c1-2-4-9-7-10-6-5-8(9)3-1;;/h1-3,5-7H;;. The first-order chi connectivity index (χ1) is 5.38. The van der Waals surface area contributed by atoms with Crippen LogP contribution in [0.25, 0.3) is 10.8 Å². The molecule has 0 saturated carbocycles. The van der Waals surface area contributed by atoms with Gasteiger partial charge >= 0.3 is 78.5 Å². The second-order valence-electron chi connectivity index (χ2n) is 2.44. The number of pyridine rings is 1. The molecule has 0 aliphatic rings. The Morgan fingerprint density at radius 2 is 2.09 bits per heavy atom. The van der Waals surface area contributed by atoms with Gasteiger partial charge in [0.2, 0.25) is 0 Å². The second-order valence-corrected chi connectivity index (χ2v) is 4.22. The van der Waals surface area contributed by atoms with Crippen LogP contribution in [-0.4, -0.2) is 27.5 Å². The minimum absolute atomic E-state index is 1.16. The van der Waals surface area contributed by atoms with E-state index in [0.717, 1.165) is 22.5 Å². The Labute approximate surface area is 78.5 Å². The fraction of sp³-hybridized carbons (Fsp3) is 0. The zero-order valence-electron chi connectivity index (χ0n) is 5.99. The van der Waals surface area contributed by atoms with Crippen molar-refractivity contribution in [3.8, 4) is 0 Å². The fourth-order valence-corrected chi connectivity index (χ4v) is 2.14. The van der Waals surface area contributed by atoms with Gasteiger partial charge in [0.05, 0.1) is 0 Å². The first kappa shape index (κ1) is 7.10. The van der Waals surface area contributed by atoms with Crippen LogP contribution in [0.15, 0.2) is 36.7 Å². The third kappa shape index (κ3) is 1.25. The molecule has 0 saturated heterocycles. The molecule has 0 aliphatic carbocycles. The van der Waals surface area contributed by atoms with Gasteiger partial charge in [0.15, 0.2) is 0 Å². The minimum atomic E-state index is 1.16. The molecule has 2 rings (SSSR count). The predicted octanol–water partition coefficient (Wildman–Crippen LogP) is 0.761. The molecule has 0 bridgehead atoms. The number of hydrogen-bond acceptors (Lipinski definition) is 1. The molecule has 0 unspecified atom stereocenters. The molecule has 2 radical (unpaired) electrons. The number of fused-ring (bicyclic) bond motifs is 1. The van der Waals surface area contributed by atoms with E-state index in [0.29, 0.717) is 0 Å². The van der Waals surface area contributed by atoms with E-state index in [1.807, 2.05) is 12.4 Å². The van der Waals surface area contributed by atoms with Gasteiger partial charge in [-0.2, -0.15) is 0 Å². The predicted molar refractivity (Wildman–Crippen MR) is 48.5 cm³/mol. The SMILES string of the molecule is [SnH][c]1cccc2ccncc12. The summed E-state index contributed by atoms with van der Waals surface area (Å²) in [5.41, 5.74) is 0. The number of aromatic nitrogens is 1. The molecule has 1 heterocycles. The van der Waals surface area contributed by atoms with Gasteiger partial charge in [-0.1, -0.05) is 0 Å². The van der Waals surface area contributed by atoms with Gasteiger partial charge in [0, 0.05) is 0 Å². The van der Waals surface area contributed by atoms with Gasteiger partial charge < -0.3 is 0 Å². The summed E-state index contributed by atoms with van der Waals surface area (Å²) < 4.78 is 1.42. The number of nitrogens with zero attached hydrogens (tertiary/aromatic N) is 1. The van der Waals surface area contributed by atoms with E-state index < -0.39 is 0 Å². The summed E-state index contributed by atoms with van der Waals surface area (Å²) >= 11 is 1.16. The molecule has 1 nitrogen and oxygen atoms in total. The molecule has 0 N–H and O–H groups in total. The molecule has 1 aromatic carbocycles. The molecule has 0 spiro atoms. The molecule has 11 heavy (non-hydrogen) atoms. The third-order valence-electron chi connectivity index (χ3n) is 1.72. The van der Waals surface area contributed by atoms with E-state index in [4.69, 9.17) is 0 Å². The Morgan fingerprint density at radius 3 is 2.91 bits per heavy atom. The van der Waals surface area contributed by atoms with Crippen molar-refractivity contribution >= 4 is 36.9 Å². The van der Waals surface area contributed by atoms with Gasteiger partial charge in [-0.3, -0.25) is 0 Å². The van der Waals surface area contributed by atoms with Crippen molar-refractivity contribution in [2.24, 2.45) is 0 Å². The van der Waals surface area contributed by atoms with E-state index in [1.165, 1.54) is 14.4 Å². The summed E-state index contributed by atoms with van der Waals surface area (Å²) in [6.45, 7) is 0. The molecule has 2 heteroatoms. The van der Waals surface area contributed by atoms with Crippen molar-refractivity contribution in [1.29, 1.82) is 0 Å². The third-order valence-corrected chi connectivity index (χ3v) is 3.15. The monoisotopic (exact) mass is 249 g/mol. The Kier molecular flexibility index (Phi) is 1.82. The summed E-state index contributed by atoms with van der Waals surface area (Å²) in [6, 6.07) is 8.43. The van der Waals surface area contributed by atoms with Crippen LogP contribution in [0.2, 0.25) is 0 Å². The summed E-state index contributed by atoms with van der Waals surface area (Å²) in [6.07, 6.45) is 3.78. The summed E-state index contributed by atoms with van der Waals surface area (Å²) in [5, 5.41) is 2.60. The average molecular weight is 248 g/mol. The van der Waals surface area contributed by atoms with E-state index in [-0.39, 0.29) is 0 Å². The summed E-state index contributed by atoms with van der Waals surface area (Å²) in [5.74, 6) is 0. The maximum absolute atomic E-state index is 4.09.